The van der Waals surface area contributed by atoms with Crippen molar-refractivity contribution in [3.63, 3.8) is 0 Å². The largest absolute Gasteiger partial charge is 0.507 e. The molecule has 0 fully saturated rings. The molecule has 6 heteroatoms. The molecule has 0 atom stereocenters. The maximum absolute atomic E-state index is 14.1. The Morgan fingerprint density at radius 2 is 1.92 bits per heavy atom. The average Bonchev–Trinajstić information content (AvgIpc) is 2.61. The van der Waals surface area contributed by atoms with Crippen LogP contribution in [0.2, 0.25) is 0 Å². The molecule has 0 radical (unpaired) electrons. The third kappa shape index (κ3) is 3.27. The van der Waals surface area contributed by atoms with Gasteiger partial charge in [-0.2, -0.15) is 0 Å². The predicted octanol–water partition coefficient (Wildman–Crippen LogP) is 3.17. The second kappa shape index (κ2) is 6.93. The average molecular weight is 351 g/mol. The zero-order valence-electron chi connectivity index (χ0n) is 14.2. The molecule has 1 aromatic heterocycles. The van der Waals surface area contributed by atoms with E-state index in [2.05, 4.69) is 4.98 Å². The number of nitrogen functional groups attached to an aromatic ring is 1. The minimum Gasteiger partial charge on any atom is -0.507 e. The fourth-order valence-electron chi connectivity index (χ4n) is 2.67. The summed E-state index contributed by atoms with van der Waals surface area (Å²) < 4.78 is 14.1. The van der Waals surface area contributed by atoms with E-state index in [1.54, 1.807) is 25.1 Å². The minimum absolute atomic E-state index is 0.0295. The van der Waals surface area contributed by atoms with Crippen LogP contribution < -0.4 is 11.5 Å². The normalized spacial score (nSPS) is 10.7. The second-order valence-corrected chi connectivity index (χ2v) is 5.99. The molecule has 26 heavy (non-hydrogen) atoms. The van der Waals surface area contributed by atoms with E-state index in [9.17, 15) is 14.3 Å². The van der Waals surface area contributed by atoms with Crippen LogP contribution in [-0.4, -0.2) is 15.9 Å². The summed E-state index contributed by atoms with van der Waals surface area (Å²) >= 11 is 0. The van der Waals surface area contributed by atoms with Crippen LogP contribution in [0.5, 0.6) is 5.75 Å². The van der Waals surface area contributed by atoms with Gasteiger partial charge in [-0.3, -0.25) is 4.79 Å². The van der Waals surface area contributed by atoms with E-state index in [1.807, 2.05) is 0 Å². The summed E-state index contributed by atoms with van der Waals surface area (Å²) in [6.07, 6.45) is 0. The molecule has 1 heterocycles. The van der Waals surface area contributed by atoms with Gasteiger partial charge < -0.3 is 16.6 Å². The molecule has 0 amide bonds. The summed E-state index contributed by atoms with van der Waals surface area (Å²) in [4.78, 5) is 16.9. The van der Waals surface area contributed by atoms with Crippen LogP contribution in [0.15, 0.2) is 48.5 Å². The van der Waals surface area contributed by atoms with Gasteiger partial charge >= 0.3 is 0 Å². The molecule has 0 spiro atoms. The van der Waals surface area contributed by atoms with Gasteiger partial charge in [0.1, 0.15) is 17.4 Å². The fourth-order valence-corrected chi connectivity index (χ4v) is 2.67. The molecule has 0 saturated heterocycles. The van der Waals surface area contributed by atoms with E-state index >= 15 is 0 Å². The van der Waals surface area contributed by atoms with Gasteiger partial charge in [0.25, 0.3) is 0 Å². The minimum atomic E-state index is -0.584. The van der Waals surface area contributed by atoms with Gasteiger partial charge in [0.05, 0.1) is 11.3 Å². The molecule has 0 aliphatic carbocycles. The number of carbonyl (C=O) groups is 1. The number of phenolic OH excluding ortho intramolecular Hbond substituents is 1. The van der Waals surface area contributed by atoms with Gasteiger partial charge in [0.2, 0.25) is 0 Å². The lowest BCUT2D eigenvalue weighted by Crippen LogP contribution is -2.06. The first-order chi connectivity index (χ1) is 12.4. The number of hydrogen-bond donors (Lipinski definition) is 3. The van der Waals surface area contributed by atoms with E-state index in [-0.39, 0.29) is 29.2 Å². The third-order valence-electron chi connectivity index (χ3n) is 4.14. The molecule has 0 unspecified atom stereocenters. The number of hydrogen-bond acceptors (Lipinski definition) is 5. The van der Waals surface area contributed by atoms with Crippen LogP contribution in [0.25, 0.3) is 11.3 Å². The highest BCUT2D eigenvalue weighted by molar-refractivity contribution is 6.09. The Balaban J connectivity index is 2.05. The van der Waals surface area contributed by atoms with E-state index in [0.717, 1.165) is 5.56 Å². The molecule has 0 aliphatic heterocycles. The van der Waals surface area contributed by atoms with Gasteiger partial charge in [-0.15, -0.1) is 0 Å². The second-order valence-electron chi connectivity index (χ2n) is 5.99. The van der Waals surface area contributed by atoms with Crippen molar-refractivity contribution in [2.75, 3.05) is 5.73 Å². The quantitative estimate of drug-likeness (QED) is 0.627. The number of halogens is 1. The summed E-state index contributed by atoms with van der Waals surface area (Å²) in [5.74, 6) is -0.862. The van der Waals surface area contributed by atoms with Crippen LogP contribution in [0.3, 0.4) is 0 Å². The van der Waals surface area contributed by atoms with E-state index in [1.165, 1.54) is 30.3 Å². The van der Waals surface area contributed by atoms with Crippen LogP contribution in [0.4, 0.5) is 10.2 Å². The van der Waals surface area contributed by atoms with E-state index in [4.69, 9.17) is 11.5 Å². The van der Waals surface area contributed by atoms with Crippen molar-refractivity contribution < 1.29 is 14.3 Å². The van der Waals surface area contributed by atoms with Crippen molar-refractivity contribution in [1.29, 1.82) is 0 Å². The molecule has 0 bridgehead atoms. The fraction of sp³-hybridized carbons (Fsp3) is 0.100. The lowest BCUT2D eigenvalue weighted by atomic mass is 9.98. The lowest BCUT2D eigenvalue weighted by molar-refractivity contribution is 0.103. The number of aryl methyl sites for hydroxylation is 1. The Kier molecular flexibility index (Phi) is 4.69. The first-order valence-electron chi connectivity index (χ1n) is 8.00. The van der Waals surface area contributed by atoms with Crippen molar-refractivity contribution >= 4 is 11.6 Å². The van der Waals surface area contributed by atoms with Crippen LogP contribution in [0, 0.1) is 12.7 Å². The van der Waals surface area contributed by atoms with Crippen molar-refractivity contribution in [3.8, 4) is 17.0 Å². The molecule has 3 aromatic rings. The van der Waals surface area contributed by atoms with Gasteiger partial charge in [0, 0.05) is 23.2 Å². The number of anilines is 1. The summed E-state index contributed by atoms with van der Waals surface area (Å²) in [5, 5.41) is 10.2. The maximum Gasteiger partial charge on any atom is 0.195 e. The summed E-state index contributed by atoms with van der Waals surface area (Å²) in [6, 6.07) is 12.1. The number of pyridine rings is 1. The van der Waals surface area contributed by atoms with Crippen molar-refractivity contribution in [3.05, 3.63) is 76.6 Å². The topological polar surface area (TPSA) is 102 Å². The number of nitrogens with zero attached hydrogens (tertiary/aromatic N) is 1. The Labute approximate surface area is 150 Å². The number of aromatic nitrogens is 1. The highest BCUT2D eigenvalue weighted by atomic mass is 19.1. The summed E-state index contributed by atoms with van der Waals surface area (Å²) in [6.45, 7) is 1.99. The van der Waals surface area contributed by atoms with Gasteiger partial charge in [0.15, 0.2) is 5.78 Å². The number of phenols is 1. The molecular weight excluding hydrogens is 333 g/mol. The van der Waals surface area contributed by atoms with Crippen LogP contribution in [-0.2, 0) is 6.54 Å². The predicted molar refractivity (Wildman–Crippen MR) is 98.2 cm³/mol. The molecule has 3 rings (SSSR count). The molecule has 5 nitrogen and oxygen atoms in total. The number of rotatable bonds is 4. The summed E-state index contributed by atoms with van der Waals surface area (Å²) in [5.41, 5.74) is 13.8. The van der Waals surface area contributed by atoms with Crippen molar-refractivity contribution in [2.24, 2.45) is 5.73 Å². The highest BCUT2D eigenvalue weighted by Crippen LogP contribution is 2.31. The first-order valence-corrected chi connectivity index (χ1v) is 8.00. The lowest BCUT2D eigenvalue weighted by Gasteiger charge is -2.10. The zero-order valence-corrected chi connectivity index (χ0v) is 14.2. The number of ketones is 1. The maximum atomic E-state index is 14.1. The van der Waals surface area contributed by atoms with Gasteiger partial charge in [-0.25, -0.2) is 9.37 Å². The molecule has 2 aromatic carbocycles. The highest BCUT2D eigenvalue weighted by Gasteiger charge is 2.17. The third-order valence-corrected chi connectivity index (χ3v) is 4.14. The zero-order chi connectivity index (χ0) is 18.8. The molecule has 0 aliphatic rings. The molecule has 0 saturated carbocycles. The smallest absolute Gasteiger partial charge is 0.195 e. The standard InChI is InChI=1S/C20H18FN3O2/c1-11-2-5-14(16(21)8-11)19(26)12-4-7-18(25)15(9-12)17-6-3-13(10-22)20(23)24-17/h2-9,25H,10,22H2,1H3,(H2,23,24). The molecule has 5 N–H and O–H groups in total. The SMILES string of the molecule is Cc1ccc(C(=O)c2ccc(O)c(-c3ccc(CN)c(N)n3)c2)c(F)c1. The Morgan fingerprint density at radius 1 is 1.15 bits per heavy atom. The molecular formula is C20H18FN3O2. The summed E-state index contributed by atoms with van der Waals surface area (Å²) in [7, 11) is 0. The Morgan fingerprint density at radius 3 is 2.58 bits per heavy atom. The Bertz CT molecular complexity index is 1000. The van der Waals surface area contributed by atoms with Gasteiger partial charge in [-0.05, 0) is 48.9 Å². The van der Waals surface area contributed by atoms with Crippen LogP contribution in [0.1, 0.15) is 27.0 Å². The first kappa shape index (κ1) is 17.6. The van der Waals surface area contributed by atoms with Crippen molar-refractivity contribution in [2.45, 2.75) is 13.5 Å². The monoisotopic (exact) mass is 351 g/mol. The number of carbonyl (C=O) groups excluding carboxylic acids is 1. The van der Waals surface area contributed by atoms with Crippen LogP contribution >= 0.6 is 0 Å². The Hall–Kier alpha value is -3.25. The van der Waals surface area contributed by atoms with Crippen molar-refractivity contribution in [1.82, 2.24) is 4.98 Å². The van der Waals surface area contributed by atoms with E-state index < -0.39 is 11.6 Å². The van der Waals surface area contributed by atoms with E-state index in [0.29, 0.717) is 16.8 Å². The number of aromatic hydroxyl groups is 1. The van der Waals surface area contributed by atoms with Gasteiger partial charge in [-0.1, -0.05) is 12.1 Å². The number of nitrogens with two attached hydrogens (primary N) is 2. The number of benzene rings is 2. The molecule has 132 valence electrons.